The monoisotopic (exact) mass is 311 g/mol. The van der Waals surface area contributed by atoms with E-state index < -0.39 is 5.97 Å². The zero-order valence-electron chi connectivity index (χ0n) is 11.8. The predicted octanol–water partition coefficient (Wildman–Crippen LogP) is 2.32. The lowest BCUT2D eigenvalue weighted by molar-refractivity contribution is 0.0520. The number of nitrogens with zero attached hydrogens (tertiary/aromatic N) is 2. The summed E-state index contributed by atoms with van der Waals surface area (Å²) in [6.45, 7) is 1.95. The van der Waals surface area contributed by atoms with Crippen LogP contribution in [0.5, 0.6) is 11.5 Å². The van der Waals surface area contributed by atoms with Crippen LogP contribution in [0, 0.1) is 0 Å². The first-order chi connectivity index (χ1) is 10.1. The molecule has 1 N–H and O–H groups in total. The Kier molecular flexibility index (Phi) is 4.64. The number of hydrogen-bond acceptors (Lipinski definition) is 6. The highest BCUT2D eigenvalue weighted by molar-refractivity contribution is 6.33. The van der Waals surface area contributed by atoms with E-state index in [1.54, 1.807) is 19.1 Å². The van der Waals surface area contributed by atoms with Crippen LogP contribution in [0.3, 0.4) is 0 Å². The summed E-state index contributed by atoms with van der Waals surface area (Å²) >= 11 is 6.21. The maximum atomic E-state index is 11.8. The quantitative estimate of drug-likeness (QED) is 0.853. The van der Waals surface area contributed by atoms with Crippen LogP contribution < -0.4 is 9.47 Å². The Morgan fingerprint density at radius 2 is 1.90 bits per heavy atom. The van der Waals surface area contributed by atoms with E-state index in [9.17, 15) is 4.79 Å². The van der Waals surface area contributed by atoms with E-state index in [0.717, 1.165) is 0 Å². The maximum absolute atomic E-state index is 11.8. The summed E-state index contributed by atoms with van der Waals surface area (Å²) < 4.78 is 15.3. The Bertz CT molecular complexity index is 657. The number of carbonyl (C=O) groups excluding carboxylic acids is 1. The molecule has 7 nitrogen and oxygen atoms in total. The van der Waals surface area contributed by atoms with Crippen molar-refractivity contribution < 1.29 is 19.0 Å². The van der Waals surface area contributed by atoms with Gasteiger partial charge in [-0.25, -0.2) is 4.79 Å². The maximum Gasteiger partial charge on any atom is 0.361 e. The summed E-state index contributed by atoms with van der Waals surface area (Å²) in [6, 6.07) is 3.21. The van der Waals surface area contributed by atoms with Crippen LogP contribution in [0.25, 0.3) is 11.3 Å². The minimum absolute atomic E-state index is 0.0611. The number of aromatic amines is 1. The minimum atomic E-state index is -0.577. The van der Waals surface area contributed by atoms with Crippen LogP contribution in [0.1, 0.15) is 17.4 Å². The second kappa shape index (κ2) is 6.45. The molecule has 0 aliphatic heterocycles. The molecule has 0 fully saturated rings. The molecule has 1 heterocycles. The van der Waals surface area contributed by atoms with E-state index in [-0.39, 0.29) is 12.3 Å². The van der Waals surface area contributed by atoms with Gasteiger partial charge in [0.1, 0.15) is 5.69 Å². The molecule has 8 heteroatoms. The van der Waals surface area contributed by atoms with Crippen molar-refractivity contribution in [3.8, 4) is 22.8 Å². The number of rotatable bonds is 5. The molecule has 0 saturated carbocycles. The standard InChI is InChI=1S/C13H14ClN3O4/c1-4-21-13(18)12-11(15-17-16-12)7-5-9(19-2)10(20-3)6-8(7)14/h5-6H,4H2,1-3H3,(H,15,16,17). The first-order valence-electron chi connectivity index (χ1n) is 6.12. The van der Waals surface area contributed by atoms with Gasteiger partial charge in [-0.1, -0.05) is 11.6 Å². The third-order valence-corrected chi connectivity index (χ3v) is 3.06. The predicted molar refractivity (Wildman–Crippen MR) is 75.9 cm³/mol. The van der Waals surface area contributed by atoms with Crippen LogP contribution in [0.4, 0.5) is 0 Å². The minimum Gasteiger partial charge on any atom is -0.493 e. The summed E-state index contributed by atoms with van der Waals surface area (Å²) in [6.07, 6.45) is 0. The van der Waals surface area contributed by atoms with Crippen molar-refractivity contribution in [3.05, 3.63) is 22.8 Å². The molecule has 0 atom stereocenters. The number of methoxy groups -OCH3 is 2. The Labute approximate surface area is 126 Å². The van der Waals surface area contributed by atoms with Crippen molar-refractivity contribution in [3.63, 3.8) is 0 Å². The third kappa shape index (κ3) is 2.92. The molecule has 0 saturated heterocycles. The van der Waals surface area contributed by atoms with Gasteiger partial charge in [0.25, 0.3) is 0 Å². The summed E-state index contributed by atoms with van der Waals surface area (Å²) in [5.41, 5.74) is 0.844. The van der Waals surface area contributed by atoms with Crippen molar-refractivity contribution in [2.75, 3.05) is 20.8 Å². The van der Waals surface area contributed by atoms with Gasteiger partial charge in [-0.15, -0.1) is 5.10 Å². The highest BCUT2D eigenvalue weighted by Gasteiger charge is 2.22. The molecule has 1 aromatic carbocycles. The van der Waals surface area contributed by atoms with Crippen LogP contribution in [0.2, 0.25) is 5.02 Å². The second-order valence-electron chi connectivity index (χ2n) is 3.93. The zero-order chi connectivity index (χ0) is 15.4. The first-order valence-corrected chi connectivity index (χ1v) is 6.49. The van der Waals surface area contributed by atoms with Crippen molar-refractivity contribution in [1.82, 2.24) is 15.4 Å². The molecule has 0 aliphatic rings. The normalized spacial score (nSPS) is 10.3. The Hall–Kier alpha value is -2.28. The molecule has 0 aliphatic carbocycles. The van der Waals surface area contributed by atoms with E-state index in [0.29, 0.717) is 27.8 Å². The number of halogens is 1. The topological polar surface area (TPSA) is 86.3 Å². The molecule has 0 spiro atoms. The number of aromatic nitrogens is 3. The molecule has 1 aromatic heterocycles. The largest absolute Gasteiger partial charge is 0.493 e. The van der Waals surface area contributed by atoms with Crippen LogP contribution in [-0.2, 0) is 4.74 Å². The Morgan fingerprint density at radius 1 is 1.24 bits per heavy atom. The molecule has 0 unspecified atom stereocenters. The van der Waals surface area contributed by atoms with E-state index >= 15 is 0 Å². The second-order valence-corrected chi connectivity index (χ2v) is 4.34. The van der Waals surface area contributed by atoms with Crippen LogP contribution >= 0.6 is 11.6 Å². The lowest BCUT2D eigenvalue weighted by Gasteiger charge is -2.10. The molecular weight excluding hydrogens is 298 g/mol. The number of hydrogen-bond donors (Lipinski definition) is 1. The number of H-pyrrole nitrogens is 1. The van der Waals surface area contributed by atoms with Gasteiger partial charge in [-0.2, -0.15) is 10.3 Å². The number of ether oxygens (including phenoxy) is 3. The number of carbonyl (C=O) groups is 1. The molecular formula is C13H14ClN3O4. The molecule has 0 bridgehead atoms. The van der Waals surface area contributed by atoms with Gasteiger partial charge < -0.3 is 14.2 Å². The van der Waals surface area contributed by atoms with E-state index in [4.69, 9.17) is 25.8 Å². The summed E-state index contributed by atoms with van der Waals surface area (Å²) in [4.78, 5) is 11.8. The van der Waals surface area contributed by atoms with Gasteiger partial charge in [-0.05, 0) is 13.0 Å². The average Bonchev–Trinajstić information content (AvgIpc) is 2.96. The van der Waals surface area contributed by atoms with E-state index in [1.807, 2.05) is 0 Å². The lowest BCUT2D eigenvalue weighted by Crippen LogP contribution is -2.07. The van der Waals surface area contributed by atoms with Gasteiger partial charge in [-0.3, -0.25) is 0 Å². The smallest absolute Gasteiger partial charge is 0.361 e. The summed E-state index contributed by atoms with van der Waals surface area (Å²) in [5.74, 6) is 0.370. The third-order valence-electron chi connectivity index (χ3n) is 2.75. The highest BCUT2D eigenvalue weighted by atomic mass is 35.5. The van der Waals surface area contributed by atoms with Crippen LogP contribution in [0.15, 0.2) is 12.1 Å². The highest BCUT2D eigenvalue weighted by Crippen LogP contribution is 2.38. The lowest BCUT2D eigenvalue weighted by atomic mass is 10.1. The van der Waals surface area contributed by atoms with Gasteiger partial charge in [0, 0.05) is 11.6 Å². The van der Waals surface area contributed by atoms with Gasteiger partial charge in [0.2, 0.25) is 0 Å². The fraction of sp³-hybridized carbons (Fsp3) is 0.308. The van der Waals surface area contributed by atoms with Crippen molar-refractivity contribution in [1.29, 1.82) is 0 Å². The molecule has 2 aromatic rings. The SMILES string of the molecule is CCOC(=O)c1n[nH]nc1-c1cc(OC)c(OC)cc1Cl. The van der Waals surface area contributed by atoms with Gasteiger partial charge in [0.15, 0.2) is 17.2 Å². The van der Waals surface area contributed by atoms with Crippen LogP contribution in [-0.4, -0.2) is 42.2 Å². The first kappa shape index (κ1) is 15.1. The van der Waals surface area contributed by atoms with Gasteiger partial charge in [0.05, 0.1) is 25.8 Å². The molecule has 21 heavy (non-hydrogen) atoms. The zero-order valence-corrected chi connectivity index (χ0v) is 12.5. The van der Waals surface area contributed by atoms with Gasteiger partial charge >= 0.3 is 5.97 Å². The Morgan fingerprint density at radius 3 is 2.52 bits per heavy atom. The molecule has 0 radical (unpaired) electrons. The van der Waals surface area contributed by atoms with E-state index in [2.05, 4.69) is 15.4 Å². The fourth-order valence-electron chi connectivity index (χ4n) is 1.80. The number of benzene rings is 1. The van der Waals surface area contributed by atoms with Crippen molar-refractivity contribution >= 4 is 17.6 Å². The number of esters is 1. The summed E-state index contributed by atoms with van der Waals surface area (Å²) in [5, 5.41) is 10.5. The van der Waals surface area contributed by atoms with Crippen molar-refractivity contribution in [2.45, 2.75) is 6.92 Å². The number of nitrogens with one attached hydrogen (secondary N) is 1. The molecule has 112 valence electrons. The molecule has 2 rings (SSSR count). The van der Waals surface area contributed by atoms with E-state index in [1.165, 1.54) is 14.2 Å². The van der Waals surface area contributed by atoms with Crippen molar-refractivity contribution in [2.24, 2.45) is 0 Å². The molecule has 0 amide bonds. The fourth-order valence-corrected chi connectivity index (χ4v) is 2.04. The average molecular weight is 312 g/mol. The summed E-state index contributed by atoms with van der Waals surface area (Å²) in [7, 11) is 3.01. The Balaban J connectivity index is 2.52.